The third-order valence-electron chi connectivity index (χ3n) is 3.92. The van der Waals surface area contributed by atoms with Crippen LogP contribution in [0.15, 0.2) is 53.2 Å². The molecule has 0 aromatic heterocycles. The van der Waals surface area contributed by atoms with Gasteiger partial charge in [0.2, 0.25) is 0 Å². The molecule has 134 valence electrons. The molecule has 0 aliphatic carbocycles. The Morgan fingerprint density at radius 1 is 1.04 bits per heavy atom. The highest BCUT2D eigenvalue weighted by molar-refractivity contribution is 6.30. The van der Waals surface area contributed by atoms with Gasteiger partial charge < -0.3 is 14.2 Å². The van der Waals surface area contributed by atoms with Crippen LogP contribution >= 0.6 is 11.6 Å². The van der Waals surface area contributed by atoms with Gasteiger partial charge in [0.1, 0.15) is 0 Å². The number of methoxy groups -OCH3 is 2. The van der Waals surface area contributed by atoms with Crippen LogP contribution in [0.4, 0.5) is 0 Å². The van der Waals surface area contributed by atoms with E-state index in [9.17, 15) is 4.79 Å². The van der Waals surface area contributed by atoms with Gasteiger partial charge in [0.05, 0.1) is 14.2 Å². The fourth-order valence-electron chi connectivity index (χ4n) is 2.56. The van der Waals surface area contributed by atoms with Crippen LogP contribution in [-0.4, -0.2) is 26.1 Å². The van der Waals surface area contributed by atoms with Crippen molar-refractivity contribution in [2.75, 3.05) is 14.2 Å². The molecule has 1 heterocycles. The number of cyclic esters (lactones) is 1. The van der Waals surface area contributed by atoms with Crippen LogP contribution in [0.25, 0.3) is 6.08 Å². The predicted molar refractivity (Wildman–Crippen MR) is 101 cm³/mol. The molecule has 26 heavy (non-hydrogen) atoms. The number of esters is 1. The molecule has 0 unspecified atom stereocenters. The van der Waals surface area contributed by atoms with Crippen LogP contribution in [0.2, 0.25) is 5.02 Å². The summed E-state index contributed by atoms with van der Waals surface area (Å²) in [6.07, 6.45) is 2.92. The SMILES string of the molecule is COc1ccc(/C=C2/N=C(CCc3ccc(Cl)cc3)OC2=O)cc1OC. The van der Waals surface area contributed by atoms with Crippen LogP contribution in [0.3, 0.4) is 0 Å². The van der Waals surface area contributed by atoms with Crippen LogP contribution in [0, 0.1) is 0 Å². The van der Waals surface area contributed by atoms with Gasteiger partial charge in [-0.2, -0.15) is 0 Å². The van der Waals surface area contributed by atoms with Crippen molar-refractivity contribution in [3.8, 4) is 11.5 Å². The number of halogens is 1. The number of aliphatic imine (C=N–C) groups is 1. The third-order valence-corrected chi connectivity index (χ3v) is 4.17. The molecule has 2 aromatic rings. The van der Waals surface area contributed by atoms with E-state index < -0.39 is 5.97 Å². The van der Waals surface area contributed by atoms with Crippen molar-refractivity contribution in [1.82, 2.24) is 0 Å². The average molecular weight is 372 g/mol. The van der Waals surface area contributed by atoms with Gasteiger partial charge in [-0.15, -0.1) is 0 Å². The molecule has 1 aliphatic heterocycles. The summed E-state index contributed by atoms with van der Waals surface area (Å²) in [7, 11) is 3.13. The summed E-state index contributed by atoms with van der Waals surface area (Å²) in [6.45, 7) is 0. The molecule has 1 aliphatic rings. The molecule has 0 fully saturated rings. The van der Waals surface area contributed by atoms with E-state index in [0.29, 0.717) is 35.3 Å². The van der Waals surface area contributed by atoms with Crippen molar-refractivity contribution in [2.24, 2.45) is 4.99 Å². The van der Waals surface area contributed by atoms with E-state index in [1.807, 2.05) is 30.3 Å². The Labute approximate surface area is 156 Å². The van der Waals surface area contributed by atoms with Gasteiger partial charge in [-0.1, -0.05) is 29.8 Å². The maximum absolute atomic E-state index is 12.0. The van der Waals surface area contributed by atoms with Crippen LogP contribution in [0.5, 0.6) is 11.5 Å². The number of ether oxygens (including phenoxy) is 3. The zero-order valence-electron chi connectivity index (χ0n) is 14.5. The van der Waals surface area contributed by atoms with E-state index >= 15 is 0 Å². The quantitative estimate of drug-likeness (QED) is 0.561. The molecule has 5 nitrogen and oxygen atoms in total. The maximum atomic E-state index is 12.0. The Balaban J connectivity index is 1.72. The number of rotatable bonds is 6. The van der Waals surface area contributed by atoms with Gasteiger partial charge in [-0.3, -0.25) is 0 Å². The molecular formula is C20H18ClNO4. The lowest BCUT2D eigenvalue weighted by Gasteiger charge is -2.07. The zero-order chi connectivity index (χ0) is 18.5. The fraction of sp³-hybridized carbons (Fsp3) is 0.200. The molecule has 2 aromatic carbocycles. The van der Waals surface area contributed by atoms with Gasteiger partial charge in [0, 0.05) is 11.4 Å². The number of hydrogen-bond acceptors (Lipinski definition) is 5. The summed E-state index contributed by atoms with van der Waals surface area (Å²) in [5.74, 6) is 1.17. The molecule has 0 N–H and O–H groups in total. The summed E-state index contributed by atoms with van der Waals surface area (Å²) in [6, 6.07) is 12.9. The Bertz CT molecular complexity index is 872. The zero-order valence-corrected chi connectivity index (χ0v) is 15.2. The highest BCUT2D eigenvalue weighted by Crippen LogP contribution is 2.29. The van der Waals surface area contributed by atoms with Gasteiger partial charge in [-0.05, 0) is 47.9 Å². The Hall–Kier alpha value is -2.79. The van der Waals surface area contributed by atoms with Crippen molar-refractivity contribution in [1.29, 1.82) is 0 Å². The molecular weight excluding hydrogens is 354 g/mol. The lowest BCUT2D eigenvalue weighted by Crippen LogP contribution is -2.05. The first kappa shape index (κ1) is 18.0. The van der Waals surface area contributed by atoms with Gasteiger partial charge >= 0.3 is 5.97 Å². The Kier molecular flexibility index (Phi) is 5.58. The minimum Gasteiger partial charge on any atom is -0.493 e. The highest BCUT2D eigenvalue weighted by Gasteiger charge is 2.22. The van der Waals surface area contributed by atoms with Gasteiger partial charge in [0.15, 0.2) is 23.1 Å². The Morgan fingerprint density at radius 2 is 1.77 bits per heavy atom. The first-order valence-electron chi connectivity index (χ1n) is 8.07. The molecule has 0 bridgehead atoms. The van der Waals surface area contributed by atoms with Crippen LogP contribution < -0.4 is 9.47 Å². The normalized spacial score (nSPS) is 15.0. The maximum Gasteiger partial charge on any atom is 0.363 e. The topological polar surface area (TPSA) is 57.1 Å². The molecule has 0 saturated heterocycles. The number of carbonyl (C=O) groups excluding carboxylic acids is 1. The smallest absolute Gasteiger partial charge is 0.363 e. The van der Waals surface area contributed by atoms with E-state index in [0.717, 1.165) is 11.1 Å². The summed E-state index contributed by atoms with van der Waals surface area (Å²) in [4.78, 5) is 16.3. The number of benzene rings is 2. The lowest BCUT2D eigenvalue weighted by molar-refractivity contribution is -0.130. The summed E-state index contributed by atoms with van der Waals surface area (Å²) in [5.41, 5.74) is 2.14. The molecule has 0 spiro atoms. The van der Waals surface area contributed by atoms with Crippen molar-refractivity contribution in [3.05, 3.63) is 64.3 Å². The minimum absolute atomic E-state index is 0.267. The summed E-state index contributed by atoms with van der Waals surface area (Å²) in [5, 5.41) is 0.693. The number of carbonyl (C=O) groups is 1. The second-order valence-corrected chi connectivity index (χ2v) is 6.10. The second-order valence-electron chi connectivity index (χ2n) is 5.67. The first-order chi connectivity index (χ1) is 12.6. The van der Waals surface area contributed by atoms with Crippen LogP contribution in [0.1, 0.15) is 17.5 Å². The lowest BCUT2D eigenvalue weighted by atomic mass is 10.1. The summed E-state index contributed by atoms with van der Waals surface area (Å²) >= 11 is 5.88. The van der Waals surface area contributed by atoms with Crippen LogP contribution in [-0.2, 0) is 16.0 Å². The molecule has 3 rings (SSSR count). The average Bonchev–Trinajstić information content (AvgIpc) is 3.00. The van der Waals surface area contributed by atoms with Gasteiger partial charge in [0.25, 0.3) is 0 Å². The van der Waals surface area contributed by atoms with Gasteiger partial charge in [-0.25, -0.2) is 9.79 Å². The molecule has 6 heteroatoms. The molecule has 0 atom stereocenters. The third kappa shape index (κ3) is 4.24. The highest BCUT2D eigenvalue weighted by atomic mass is 35.5. The largest absolute Gasteiger partial charge is 0.493 e. The number of hydrogen-bond donors (Lipinski definition) is 0. The van der Waals surface area contributed by atoms with E-state index in [2.05, 4.69) is 4.99 Å². The standard InChI is InChI=1S/C20H18ClNO4/c1-24-17-9-5-14(12-18(17)25-2)11-16-20(23)26-19(22-16)10-6-13-3-7-15(21)8-4-13/h3-5,7-9,11-12H,6,10H2,1-2H3/b16-11+. The van der Waals surface area contributed by atoms with Crippen molar-refractivity contribution >= 4 is 29.5 Å². The minimum atomic E-state index is -0.453. The van der Waals surface area contributed by atoms with E-state index in [4.69, 9.17) is 25.8 Å². The molecule has 0 amide bonds. The summed E-state index contributed by atoms with van der Waals surface area (Å²) < 4.78 is 15.7. The van der Waals surface area contributed by atoms with E-state index in [-0.39, 0.29) is 5.70 Å². The van der Waals surface area contributed by atoms with Crippen molar-refractivity contribution < 1.29 is 19.0 Å². The molecule has 0 radical (unpaired) electrons. The van der Waals surface area contributed by atoms with E-state index in [1.165, 1.54) is 0 Å². The monoisotopic (exact) mass is 371 g/mol. The van der Waals surface area contributed by atoms with Crippen molar-refractivity contribution in [3.63, 3.8) is 0 Å². The predicted octanol–water partition coefficient (Wildman–Crippen LogP) is 4.29. The first-order valence-corrected chi connectivity index (χ1v) is 8.45. The van der Waals surface area contributed by atoms with E-state index in [1.54, 1.807) is 32.4 Å². The Morgan fingerprint density at radius 3 is 2.46 bits per heavy atom. The fourth-order valence-corrected chi connectivity index (χ4v) is 2.69. The second kappa shape index (κ2) is 8.06. The number of aryl methyl sites for hydroxylation is 1. The van der Waals surface area contributed by atoms with Crippen molar-refractivity contribution in [2.45, 2.75) is 12.8 Å². The number of nitrogens with zero attached hydrogens (tertiary/aromatic N) is 1. The molecule has 0 saturated carbocycles.